The van der Waals surface area contributed by atoms with Crippen molar-refractivity contribution in [3.05, 3.63) is 18.5 Å². The van der Waals surface area contributed by atoms with Crippen molar-refractivity contribution in [2.45, 2.75) is 12.5 Å². The number of hydrogen-bond acceptors (Lipinski definition) is 9. The summed E-state index contributed by atoms with van der Waals surface area (Å²) in [6, 6.07) is 1.73. The molecule has 0 fully saturated rings. The minimum Gasteiger partial charge on any atom is -0.393 e. The number of rotatable bonds is 6. The van der Waals surface area contributed by atoms with Crippen LogP contribution in [0.4, 0.5) is 11.9 Å². The third-order valence-electron chi connectivity index (χ3n) is 2.43. The summed E-state index contributed by atoms with van der Waals surface area (Å²) in [7, 11) is 0. The van der Waals surface area contributed by atoms with E-state index in [0.717, 1.165) is 0 Å². The lowest BCUT2D eigenvalue weighted by atomic mass is 10.1. The first-order valence-electron chi connectivity index (χ1n) is 5.84. The van der Waals surface area contributed by atoms with E-state index in [-0.39, 0.29) is 31.0 Å². The highest BCUT2D eigenvalue weighted by atomic mass is 16.3. The summed E-state index contributed by atoms with van der Waals surface area (Å²) in [4.78, 5) is 12.2. The number of nitrogens with zero attached hydrogens (tertiary/aromatic N) is 5. The molecule has 0 aliphatic carbocycles. The standard InChI is InChI=1S/C10H16N8O2/c1-10(20,6-19)5-12-7-14-8(17-11)16-9(15-7)18-4-2-3-13-18/h2-4,19-20H,5-6,11H2,1H3,(H2,12,14,15,16,17). The van der Waals surface area contributed by atoms with Crippen LogP contribution in [0.5, 0.6) is 0 Å². The smallest absolute Gasteiger partial charge is 0.257 e. The molecule has 10 nitrogen and oxygen atoms in total. The lowest BCUT2D eigenvalue weighted by Gasteiger charge is -2.20. The molecule has 2 heterocycles. The molecule has 6 N–H and O–H groups in total. The summed E-state index contributed by atoms with van der Waals surface area (Å²) >= 11 is 0. The van der Waals surface area contributed by atoms with Gasteiger partial charge in [0.25, 0.3) is 5.95 Å². The quantitative estimate of drug-likeness (QED) is 0.315. The van der Waals surface area contributed by atoms with Crippen LogP contribution < -0.4 is 16.6 Å². The molecule has 0 aromatic carbocycles. The van der Waals surface area contributed by atoms with Crippen LogP contribution in [0, 0.1) is 0 Å². The van der Waals surface area contributed by atoms with Crippen LogP contribution in [0.3, 0.4) is 0 Å². The van der Waals surface area contributed by atoms with E-state index < -0.39 is 5.60 Å². The van der Waals surface area contributed by atoms with Gasteiger partial charge in [0.1, 0.15) is 5.60 Å². The van der Waals surface area contributed by atoms with Gasteiger partial charge in [-0.1, -0.05) is 0 Å². The summed E-state index contributed by atoms with van der Waals surface area (Å²) in [5, 5.41) is 25.5. The van der Waals surface area contributed by atoms with Gasteiger partial charge in [-0.25, -0.2) is 10.5 Å². The third kappa shape index (κ3) is 3.38. The lowest BCUT2D eigenvalue weighted by Crippen LogP contribution is -2.37. The number of aliphatic hydroxyl groups is 2. The summed E-state index contributed by atoms with van der Waals surface area (Å²) < 4.78 is 1.44. The molecule has 0 radical (unpaired) electrons. The van der Waals surface area contributed by atoms with Crippen LogP contribution in [0.15, 0.2) is 18.5 Å². The number of nitrogen functional groups attached to an aromatic ring is 1. The molecule has 108 valence electrons. The van der Waals surface area contributed by atoms with Crippen molar-refractivity contribution in [3.63, 3.8) is 0 Å². The van der Waals surface area contributed by atoms with Gasteiger partial charge in [0.05, 0.1) is 6.61 Å². The average molecular weight is 280 g/mol. The van der Waals surface area contributed by atoms with Crippen molar-refractivity contribution in [3.8, 4) is 5.95 Å². The fraction of sp³-hybridized carbons (Fsp3) is 0.400. The van der Waals surface area contributed by atoms with Crippen molar-refractivity contribution in [2.24, 2.45) is 5.84 Å². The highest BCUT2D eigenvalue weighted by Gasteiger charge is 2.19. The van der Waals surface area contributed by atoms with Gasteiger partial charge in [0.2, 0.25) is 11.9 Å². The molecule has 0 aliphatic rings. The minimum atomic E-state index is -1.28. The summed E-state index contributed by atoms with van der Waals surface area (Å²) in [5.41, 5.74) is 1.04. The highest BCUT2D eigenvalue weighted by Crippen LogP contribution is 2.09. The van der Waals surface area contributed by atoms with Gasteiger partial charge >= 0.3 is 0 Å². The SMILES string of the molecule is CC(O)(CO)CNc1nc(NN)nc(-n2cccn2)n1. The third-order valence-corrected chi connectivity index (χ3v) is 2.43. The van der Waals surface area contributed by atoms with Gasteiger partial charge < -0.3 is 15.5 Å². The van der Waals surface area contributed by atoms with Crippen molar-refractivity contribution >= 4 is 11.9 Å². The Balaban J connectivity index is 2.23. The molecule has 1 unspecified atom stereocenters. The highest BCUT2D eigenvalue weighted by molar-refractivity contribution is 5.37. The fourth-order valence-electron chi connectivity index (χ4n) is 1.32. The van der Waals surface area contributed by atoms with Crippen molar-refractivity contribution < 1.29 is 10.2 Å². The Morgan fingerprint density at radius 3 is 2.70 bits per heavy atom. The molecule has 10 heteroatoms. The Hall–Kier alpha value is -2.30. The molecule has 2 aromatic heterocycles. The molecule has 20 heavy (non-hydrogen) atoms. The number of nitrogens with two attached hydrogens (primary N) is 1. The molecule has 0 bridgehead atoms. The van der Waals surface area contributed by atoms with Gasteiger partial charge in [-0.15, -0.1) is 0 Å². The van der Waals surface area contributed by atoms with Gasteiger partial charge in [0, 0.05) is 18.9 Å². The van der Waals surface area contributed by atoms with Crippen molar-refractivity contribution in [1.29, 1.82) is 0 Å². The maximum atomic E-state index is 9.72. The van der Waals surface area contributed by atoms with Gasteiger partial charge in [-0.3, -0.25) is 5.43 Å². The Kier molecular flexibility index (Phi) is 4.08. The second-order valence-electron chi connectivity index (χ2n) is 4.39. The zero-order chi connectivity index (χ0) is 14.6. The van der Waals surface area contributed by atoms with E-state index in [9.17, 15) is 5.11 Å². The Bertz CT molecular complexity index is 556. The second kappa shape index (κ2) is 5.77. The van der Waals surface area contributed by atoms with E-state index >= 15 is 0 Å². The second-order valence-corrected chi connectivity index (χ2v) is 4.39. The average Bonchev–Trinajstić information content (AvgIpc) is 2.99. The summed E-state index contributed by atoms with van der Waals surface area (Å²) in [6.07, 6.45) is 3.26. The minimum absolute atomic E-state index is 0.0655. The van der Waals surface area contributed by atoms with Crippen LogP contribution in [0.25, 0.3) is 5.95 Å². The van der Waals surface area contributed by atoms with E-state index in [0.29, 0.717) is 0 Å². The molecule has 0 aliphatic heterocycles. The van der Waals surface area contributed by atoms with E-state index in [4.69, 9.17) is 10.9 Å². The van der Waals surface area contributed by atoms with Crippen molar-refractivity contribution in [2.75, 3.05) is 23.9 Å². The largest absolute Gasteiger partial charge is 0.393 e. The molecular weight excluding hydrogens is 264 g/mol. The first-order valence-corrected chi connectivity index (χ1v) is 5.84. The van der Waals surface area contributed by atoms with E-state index in [1.54, 1.807) is 18.5 Å². The Labute approximate surface area is 114 Å². The van der Waals surface area contributed by atoms with Gasteiger partial charge in [-0.2, -0.15) is 20.1 Å². The van der Waals surface area contributed by atoms with Crippen molar-refractivity contribution in [1.82, 2.24) is 24.7 Å². The van der Waals surface area contributed by atoms with E-state index in [1.165, 1.54) is 11.6 Å². The number of hydrazine groups is 1. The molecule has 0 spiro atoms. The Morgan fingerprint density at radius 1 is 1.35 bits per heavy atom. The molecular formula is C10H16N8O2. The number of nitrogens with one attached hydrogen (secondary N) is 2. The number of aromatic nitrogens is 5. The van der Waals surface area contributed by atoms with E-state index in [2.05, 4.69) is 30.8 Å². The zero-order valence-electron chi connectivity index (χ0n) is 10.9. The number of hydrogen-bond donors (Lipinski definition) is 5. The monoisotopic (exact) mass is 280 g/mol. The predicted octanol–water partition coefficient (Wildman–Crippen LogP) is -1.50. The Morgan fingerprint density at radius 2 is 2.10 bits per heavy atom. The molecule has 2 aromatic rings. The fourth-order valence-corrected chi connectivity index (χ4v) is 1.32. The first kappa shape index (κ1) is 14.1. The molecule has 0 amide bonds. The molecule has 0 saturated heterocycles. The zero-order valence-corrected chi connectivity index (χ0v) is 10.9. The maximum absolute atomic E-state index is 9.72. The summed E-state index contributed by atoms with van der Waals surface area (Å²) in [6.45, 7) is 1.16. The van der Waals surface area contributed by atoms with Crippen LogP contribution in [-0.4, -0.2) is 53.7 Å². The van der Waals surface area contributed by atoms with Crippen LogP contribution >= 0.6 is 0 Å². The predicted molar refractivity (Wildman–Crippen MR) is 71.0 cm³/mol. The van der Waals surface area contributed by atoms with Crippen LogP contribution in [0.2, 0.25) is 0 Å². The summed E-state index contributed by atoms with van der Waals surface area (Å²) in [5.74, 6) is 5.92. The molecule has 2 rings (SSSR count). The van der Waals surface area contributed by atoms with Gasteiger partial charge in [-0.05, 0) is 13.0 Å². The molecule has 0 saturated carbocycles. The first-order chi connectivity index (χ1) is 9.54. The van der Waals surface area contributed by atoms with E-state index in [1.807, 2.05) is 0 Å². The van der Waals surface area contributed by atoms with Crippen LogP contribution in [0.1, 0.15) is 6.92 Å². The lowest BCUT2D eigenvalue weighted by molar-refractivity contribution is 0.0131. The molecule has 1 atom stereocenters. The topological polar surface area (TPSA) is 147 Å². The number of aliphatic hydroxyl groups excluding tert-OH is 1. The normalized spacial score (nSPS) is 13.8. The van der Waals surface area contributed by atoms with Crippen LogP contribution in [-0.2, 0) is 0 Å². The van der Waals surface area contributed by atoms with Gasteiger partial charge in [0.15, 0.2) is 0 Å². The maximum Gasteiger partial charge on any atom is 0.257 e. The number of anilines is 2.